The van der Waals surface area contributed by atoms with Crippen LogP contribution in [0.1, 0.15) is 55.5 Å². The molecule has 3 aromatic rings. The lowest BCUT2D eigenvalue weighted by Gasteiger charge is -2.32. The first-order valence-corrected chi connectivity index (χ1v) is 11.0. The number of fused-ring (bicyclic) bond motifs is 1. The molecule has 0 spiro atoms. The number of ether oxygens (including phenoxy) is 1. The number of hydrogen-bond donors (Lipinski definition) is 0. The number of carbonyl (C=O) groups excluding carboxylic acids is 2. The van der Waals surface area contributed by atoms with Gasteiger partial charge in [0, 0.05) is 35.6 Å². The average Bonchev–Trinajstić information content (AvgIpc) is 3.27. The van der Waals surface area contributed by atoms with Crippen LogP contribution in [0.4, 0.5) is 0 Å². The van der Waals surface area contributed by atoms with Crippen molar-refractivity contribution < 1.29 is 14.3 Å². The first-order valence-electron chi connectivity index (χ1n) is 10.2. The van der Waals surface area contributed by atoms with Crippen LogP contribution >= 0.6 is 11.3 Å². The summed E-state index contributed by atoms with van der Waals surface area (Å²) >= 11 is 1.30. The number of amides is 1. The molecule has 0 aliphatic carbocycles. The Kier molecular flexibility index (Phi) is 6.31. The summed E-state index contributed by atoms with van der Waals surface area (Å²) in [5, 5.41) is 0.929. The zero-order valence-corrected chi connectivity index (χ0v) is 19.4. The smallest absolute Gasteiger partial charge is 0.351 e. The van der Waals surface area contributed by atoms with Crippen molar-refractivity contribution in [2.45, 2.75) is 66.7 Å². The molecule has 3 rings (SSSR count). The molecule has 0 N–H and O–H groups in total. The fourth-order valence-electron chi connectivity index (χ4n) is 3.87. The highest BCUT2D eigenvalue weighted by atomic mass is 32.1. The van der Waals surface area contributed by atoms with E-state index in [2.05, 4.69) is 4.98 Å². The molecule has 0 aliphatic heterocycles. The molecule has 0 aromatic carbocycles. The molecule has 0 fully saturated rings. The Morgan fingerprint density at radius 2 is 1.67 bits per heavy atom. The molecule has 0 saturated carbocycles. The topological polar surface area (TPSA) is 64.4 Å². The van der Waals surface area contributed by atoms with Crippen molar-refractivity contribution in [3.8, 4) is 5.69 Å². The van der Waals surface area contributed by atoms with Gasteiger partial charge >= 0.3 is 5.97 Å². The molecule has 0 bridgehead atoms. The zero-order chi connectivity index (χ0) is 22.2. The van der Waals surface area contributed by atoms with Crippen LogP contribution in [0, 0.1) is 13.8 Å². The van der Waals surface area contributed by atoms with Gasteiger partial charge in [0.05, 0.1) is 5.69 Å². The Labute approximate surface area is 181 Å². The minimum Gasteiger partial charge on any atom is -0.448 e. The van der Waals surface area contributed by atoms with Crippen molar-refractivity contribution in [3.63, 3.8) is 0 Å². The van der Waals surface area contributed by atoms with E-state index in [1.54, 1.807) is 11.8 Å². The van der Waals surface area contributed by atoms with Gasteiger partial charge < -0.3 is 14.2 Å². The Hall–Kier alpha value is -2.67. The summed E-state index contributed by atoms with van der Waals surface area (Å²) in [6.07, 6.45) is 2.91. The molecule has 30 heavy (non-hydrogen) atoms. The van der Waals surface area contributed by atoms with Crippen molar-refractivity contribution in [3.05, 3.63) is 46.7 Å². The third-order valence-corrected chi connectivity index (χ3v) is 6.06. The van der Waals surface area contributed by atoms with Gasteiger partial charge in [-0.25, -0.2) is 9.78 Å². The van der Waals surface area contributed by atoms with Gasteiger partial charge in [-0.2, -0.15) is 0 Å². The van der Waals surface area contributed by atoms with Crippen LogP contribution < -0.4 is 0 Å². The molecule has 0 radical (unpaired) electrons. The summed E-state index contributed by atoms with van der Waals surface area (Å²) in [5.74, 6) is -0.700. The number of carbonyl (C=O) groups is 2. The van der Waals surface area contributed by atoms with Crippen molar-refractivity contribution in [2.75, 3.05) is 0 Å². The summed E-state index contributed by atoms with van der Waals surface area (Å²) in [6, 6.07) is 5.86. The predicted octanol–water partition coefficient (Wildman–Crippen LogP) is 4.89. The van der Waals surface area contributed by atoms with E-state index in [1.807, 2.05) is 76.7 Å². The Balaban J connectivity index is 2.00. The number of pyridine rings is 1. The highest BCUT2D eigenvalue weighted by Gasteiger charge is 2.30. The molecule has 7 heteroatoms. The first kappa shape index (κ1) is 22.0. The van der Waals surface area contributed by atoms with Crippen LogP contribution in [0.5, 0.6) is 0 Å². The van der Waals surface area contributed by atoms with E-state index in [-0.39, 0.29) is 18.0 Å². The van der Waals surface area contributed by atoms with Crippen molar-refractivity contribution in [1.82, 2.24) is 14.5 Å². The second-order valence-electron chi connectivity index (χ2n) is 8.11. The van der Waals surface area contributed by atoms with Crippen LogP contribution in [0.2, 0.25) is 0 Å². The summed E-state index contributed by atoms with van der Waals surface area (Å²) in [6.45, 7) is 13.4. The zero-order valence-electron chi connectivity index (χ0n) is 18.6. The normalized spacial score (nSPS) is 12.6. The number of aryl methyl sites for hydroxylation is 2. The molecule has 1 unspecified atom stereocenters. The van der Waals surface area contributed by atoms with E-state index in [9.17, 15) is 9.59 Å². The Morgan fingerprint density at radius 3 is 2.23 bits per heavy atom. The second kappa shape index (κ2) is 8.60. The standard InChI is InChI=1S/C23H29N3O3S/c1-13(2)26(14(3)4)22(27)17(7)29-23(28)20-19(25-10-8-9-11-25)18-15(5)12-16(6)24-21(18)30-20/h8-14,17H,1-7H3. The van der Waals surface area contributed by atoms with E-state index in [1.165, 1.54) is 11.3 Å². The van der Waals surface area contributed by atoms with Crippen LogP contribution in [0.3, 0.4) is 0 Å². The maximum absolute atomic E-state index is 13.2. The number of aromatic nitrogens is 2. The molecule has 6 nitrogen and oxygen atoms in total. The molecule has 1 amide bonds. The van der Waals surface area contributed by atoms with E-state index >= 15 is 0 Å². The van der Waals surface area contributed by atoms with Gasteiger partial charge in [-0.3, -0.25) is 4.79 Å². The summed E-state index contributed by atoms with van der Waals surface area (Å²) in [4.78, 5) is 33.7. The number of esters is 1. The van der Waals surface area contributed by atoms with E-state index in [0.29, 0.717) is 4.88 Å². The van der Waals surface area contributed by atoms with Gasteiger partial charge in [0.15, 0.2) is 6.10 Å². The van der Waals surface area contributed by atoms with E-state index < -0.39 is 12.1 Å². The maximum Gasteiger partial charge on any atom is 0.351 e. The molecule has 0 saturated heterocycles. The quantitative estimate of drug-likeness (QED) is 0.525. The lowest BCUT2D eigenvalue weighted by Crippen LogP contribution is -2.47. The summed E-state index contributed by atoms with van der Waals surface area (Å²) in [5.41, 5.74) is 2.69. The summed E-state index contributed by atoms with van der Waals surface area (Å²) < 4.78 is 7.56. The lowest BCUT2D eigenvalue weighted by molar-refractivity contribution is -0.143. The van der Waals surface area contributed by atoms with Crippen LogP contribution in [0.15, 0.2) is 30.6 Å². The van der Waals surface area contributed by atoms with Gasteiger partial charge in [-0.1, -0.05) is 0 Å². The first-order chi connectivity index (χ1) is 14.1. The second-order valence-corrected chi connectivity index (χ2v) is 9.11. The monoisotopic (exact) mass is 427 g/mol. The van der Waals surface area contributed by atoms with Gasteiger partial charge in [0.1, 0.15) is 9.71 Å². The largest absolute Gasteiger partial charge is 0.448 e. The van der Waals surface area contributed by atoms with Crippen LogP contribution in [0.25, 0.3) is 15.9 Å². The summed E-state index contributed by atoms with van der Waals surface area (Å²) in [7, 11) is 0. The molecule has 3 aromatic heterocycles. The molecular formula is C23H29N3O3S. The fraction of sp³-hybridized carbons (Fsp3) is 0.435. The average molecular weight is 428 g/mol. The van der Waals surface area contributed by atoms with E-state index in [4.69, 9.17) is 4.74 Å². The third kappa shape index (κ3) is 4.12. The minimum absolute atomic E-state index is 0.0215. The van der Waals surface area contributed by atoms with Gasteiger partial charge in [-0.05, 0) is 72.2 Å². The van der Waals surface area contributed by atoms with Crippen molar-refractivity contribution >= 4 is 33.4 Å². The maximum atomic E-state index is 13.2. The number of hydrogen-bond acceptors (Lipinski definition) is 5. The third-order valence-electron chi connectivity index (χ3n) is 5.01. The van der Waals surface area contributed by atoms with Crippen molar-refractivity contribution in [2.24, 2.45) is 0 Å². The van der Waals surface area contributed by atoms with Gasteiger partial charge in [0.25, 0.3) is 5.91 Å². The number of rotatable bonds is 6. The van der Waals surface area contributed by atoms with Gasteiger partial charge in [0.2, 0.25) is 0 Å². The fourth-order valence-corrected chi connectivity index (χ4v) is 5.05. The highest BCUT2D eigenvalue weighted by molar-refractivity contribution is 7.21. The Bertz CT molecular complexity index is 1060. The van der Waals surface area contributed by atoms with Crippen molar-refractivity contribution in [1.29, 1.82) is 0 Å². The van der Waals surface area contributed by atoms with Crippen LogP contribution in [-0.2, 0) is 9.53 Å². The van der Waals surface area contributed by atoms with Gasteiger partial charge in [-0.15, -0.1) is 11.3 Å². The molecular weight excluding hydrogens is 398 g/mol. The predicted molar refractivity (Wildman–Crippen MR) is 120 cm³/mol. The Morgan fingerprint density at radius 1 is 1.07 bits per heavy atom. The molecule has 160 valence electrons. The minimum atomic E-state index is -0.874. The number of thiophene rings is 1. The van der Waals surface area contributed by atoms with Crippen LogP contribution in [-0.4, -0.2) is 44.5 Å². The highest BCUT2D eigenvalue weighted by Crippen LogP contribution is 2.36. The molecule has 3 heterocycles. The van der Waals surface area contributed by atoms with E-state index in [0.717, 1.165) is 27.2 Å². The SMILES string of the molecule is Cc1cc(C)c2c(-n3cccc3)c(C(=O)OC(C)C(=O)N(C(C)C)C(C)C)sc2n1. The molecule has 0 aliphatic rings. The lowest BCUT2D eigenvalue weighted by atomic mass is 10.1. The molecule has 1 atom stereocenters. The number of nitrogens with zero attached hydrogens (tertiary/aromatic N) is 3.